The van der Waals surface area contributed by atoms with Crippen molar-refractivity contribution < 1.29 is 14.4 Å². The Kier molecular flexibility index (Phi) is 3.48. The molecule has 1 aromatic carbocycles. The van der Waals surface area contributed by atoms with E-state index in [1.165, 1.54) is 6.33 Å². The first-order valence-electron chi connectivity index (χ1n) is 5.97. The molecule has 9 heteroatoms. The van der Waals surface area contributed by atoms with Crippen molar-refractivity contribution in [1.29, 1.82) is 0 Å². The zero-order valence-corrected chi connectivity index (χ0v) is 11.5. The number of rotatable bonds is 3. The van der Waals surface area contributed by atoms with Gasteiger partial charge in [0.1, 0.15) is 19.5 Å². The highest BCUT2D eigenvalue weighted by atomic mass is 32.2. The van der Waals surface area contributed by atoms with Crippen molar-refractivity contribution in [3.05, 3.63) is 34.6 Å². The second kappa shape index (κ2) is 5.44. The van der Waals surface area contributed by atoms with Gasteiger partial charge in [0.25, 0.3) is 0 Å². The number of aromatic nitrogens is 2. The van der Waals surface area contributed by atoms with E-state index in [1.54, 1.807) is 18.2 Å². The Morgan fingerprint density at radius 3 is 2.76 bits per heavy atom. The minimum atomic E-state index is -0.588. The maximum absolute atomic E-state index is 11.1. The molecule has 0 radical (unpaired) electrons. The highest BCUT2D eigenvalue weighted by molar-refractivity contribution is 7.99. The number of fused-ring (bicyclic) bond motifs is 1. The van der Waals surface area contributed by atoms with Gasteiger partial charge in [0.05, 0.1) is 4.92 Å². The molecule has 0 unspecified atom stereocenters. The molecule has 0 spiro atoms. The van der Waals surface area contributed by atoms with Gasteiger partial charge in [-0.25, -0.2) is 9.97 Å². The number of nitrogens with zero attached hydrogens (tertiary/aromatic N) is 3. The van der Waals surface area contributed by atoms with Crippen LogP contribution in [0.1, 0.15) is 0 Å². The molecule has 1 aromatic heterocycles. The summed E-state index contributed by atoms with van der Waals surface area (Å²) in [6, 6.07) is 5.29. The van der Waals surface area contributed by atoms with E-state index in [4.69, 9.17) is 15.2 Å². The van der Waals surface area contributed by atoms with E-state index in [0.29, 0.717) is 24.7 Å². The number of anilines is 1. The van der Waals surface area contributed by atoms with Crippen molar-refractivity contribution in [2.45, 2.75) is 9.92 Å². The summed E-state index contributed by atoms with van der Waals surface area (Å²) in [5, 5.41) is 11.2. The van der Waals surface area contributed by atoms with Gasteiger partial charge in [0, 0.05) is 4.90 Å². The third-order valence-electron chi connectivity index (χ3n) is 2.73. The predicted molar refractivity (Wildman–Crippen MR) is 74.7 cm³/mol. The fourth-order valence-electron chi connectivity index (χ4n) is 1.82. The normalized spacial score (nSPS) is 13.0. The van der Waals surface area contributed by atoms with Crippen LogP contribution in [-0.2, 0) is 0 Å². The minimum Gasteiger partial charge on any atom is -0.486 e. The van der Waals surface area contributed by atoms with Gasteiger partial charge in [-0.3, -0.25) is 10.1 Å². The maximum Gasteiger partial charge on any atom is 0.343 e. The van der Waals surface area contributed by atoms with Gasteiger partial charge in [0.15, 0.2) is 16.5 Å². The second-order valence-corrected chi connectivity index (χ2v) is 5.14. The number of ether oxygens (including phenoxy) is 2. The fraction of sp³-hybridized carbons (Fsp3) is 0.167. The standard InChI is InChI=1S/C12H10N4O4S/c13-11-10(16(17)18)12(15-6-14-11)21-7-1-2-8-9(5-7)20-4-3-19-8/h1-2,5-6H,3-4H2,(H2,13,14,15). The molecule has 2 N–H and O–H groups in total. The quantitative estimate of drug-likeness (QED) is 0.519. The van der Waals surface area contributed by atoms with Gasteiger partial charge in [-0.1, -0.05) is 11.8 Å². The lowest BCUT2D eigenvalue weighted by Crippen LogP contribution is -2.15. The van der Waals surface area contributed by atoms with Crippen LogP contribution in [0.4, 0.5) is 11.5 Å². The zero-order valence-electron chi connectivity index (χ0n) is 10.7. The molecule has 0 saturated heterocycles. The molecular weight excluding hydrogens is 296 g/mol. The summed E-state index contributed by atoms with van der Waals surface area (Å²) < 4.78 is 10.9. The number of hydrogen-bond acceptors (Lipinski definition) is 8. The summed E-state index contributed by atoms with van der Waals surface area (Å²) in [7, 11) is 0. The number of hydrogen-bond donors (Lipinski definition) is 1. The molecule has 2 aromatic rings. The van der Waals surface area contributed by atoms with Crippen molar-refractivity contribution >= 4 is 23.3 Å². The summed E-state index contributed by atoms with van der Waals surface area (Å²) in [6.07, 6.45) is 1.20. The summed E-state index contributed by atoms with van der Waals surface area (Å²) in [4.78, 5) is 18.8. The number of nitrogen functional groups attached to an aromatic ring is 1. The highest BCUT2D eigenvalue weighted by Crippen LogP contribution is 2.39. The second-order valence-electron chi connectivity index (χ2n) is 4.08. The van der Waals surface area contributed by atoms with Gasteiger partial charge in [-0.2, -0.15) is 0 Å². The Bertz CT molecular complexity index is 710. The Labute approximate surface area is 123 Å². The van der Waals surface area contributed by atoms with Crippen LogP contribution in [0.25, 0.3) is 0 Å². The van der Waals surface area contributed by atoms with E-state index >= 15 is 0 Å². The Morgan fingerprint density at radius 1 is 1.24 bits per heavy atom. The molecule has 0 fully saturated rings. The molecule has 8 nitrogen and oxygen atoms in total. The number of benzene rings is 1. The van der Waals surface area contributed by atoms with Crippen LogP contribution in [0.2, 0.25) is 0 Å². The van der Waals surface area contributed by atoms with E-state index < -0.39 is 4.92 Å². The average Bonchev–Trinajstić information content (AvgIpc) is 2.47. The molecule has 0 atom stereocenters. The van der Waals surface area contributed by atoms with E-state index in [9.17, 15) is 10.1 Å². The molecule has 0 saturated carbocycles. The van der Waals surface area contributed by atoms with Crippen LogP contribution in [0.3, 0.4) is 0 Å². The Balaban J connectivity index is 1.94. The lowest BCUT2D eigenvalue weighted by atomic mass is 10.3. The first-order valence-corrected chi connectivity index (χ1v) is 6.79. The molecule has 108 valence electrons. The summed E-state index contributed by atoms with van der Waals surface area (Å²) in [5.41, 5.74) is 5.24. The molecule has 1 aliphatic heterocycles. The summed E-state index contributed by atoms with van der Waals surface area (Å²) in [5.74, 6) is 1.10. The number of nitrogens with two attached hydrogens (primary N) is 1. The topological polar surface area (TPSA) is 113 Å². The lowest BCUT2D eigenvalue weighted by molar-refractivity contribution is -0.387. The molecule has 0 bridgehead atoms. The number of nitro groups is 1. The Morgan fingerprint density at radius 2 is 2.00 bits per heavy atom. The van der Waals surface area contributed by atoms with Crippen LogP contribution in [0.15, 0.2) is 34.4 Å². The molecular formula is C12H10N4O4S. The van der Waals surface area contributed by atoms with Gasteiger partial charge >= 0.3 is 5.69 Å². The maximum atomic E-state index is 11.1. The third kappa shape index (κ3) is 2.68. The molecule has 3 rings (SSSR count). The van der Waals surface area contributed by atoms with Crippen molar-refractivity contribution in [1.82, 2.24) is 9.97 Å². The first kappa shape index (κ1) is 13.4. The van der Waals surface area contributed by atoms with Gasteiger partial charge in [-0.05, 0) is 18.2 Å². The smallest absolute Gasteiger partial charge is 0.343 e. The monoisotopic (exact) mass is 306 g/mol. The van der Waals surface area contributed by atoms with Gasteiger partial charge in [0.2, 0.25) is 5.82 Å². The SMILES string of the molecule is Nc1ncnc(Sc2ccc3c(c2)OCCO3)c1[N+](=O)[O-]. The molecule has 2 heterocycles. The fourth-order valence-corrected chi connectivity index (χ4v) is 2.72. The summed E-state index contributed by atoms with van der Waals surface area (Å²) >= 11 is 1.12. The van der Waals surface area contributed by atoms with Crippen LogP contribution < -0.4 is 15.2 Å². The van der Waals surface area contributed by atoms with Gasteiger partial charge in [-0.15, -0.1) is 0 Å². The van der Waals surface area contributed by atoms with E-state index in [-0.39, 0.29) is 16.5 Å². The van der Waals surface area contributed by atoms with Crippen LogP contribution in [0.5, 0.6) is 11.5 Å². The highest BCUT2D eigenvalue weighted by Gasteiger charge is 2.22. The third-order valence-corrected chi connectivity index (χ3v) is 3.71. The first-order chi connectivity index (χ1) is 10.1. The molecule has 0 aliphatic carbocycles. The van der Waals surface area contributed by atoms with E-state index in [1.807, 2.05) is 0 Å². The molecule has 1 aliphatic rings. The molecule has 21 heavy (non-hydrogen) atoms. The van der Waals surface area contributed by atoms with Crippen LogP contribution >= 0.6 is 11.8 Å². The molecule has 0 amide bonds. The van der Waals surface area contributed by atoms with Crippen molar-refractivity contribution in [2.75, 3.05) is 18.9 Å². The average molecular weight is 306 g/mol. The van der Waals surface area contributed by atoms with Gasteiger partial charge < -0.3 is 15.2 Å². The van der Waals surface area contributed by atoms with Crippen molar-refractivity contribution in [3.8, 4) is 11.5 Å². The van der Waals surface area contributed by atoms with E-state index in [2.05, 4.69) is 9.97 Å². The van der Waals surface area contributed by atoms with Crippen molar-refractivity contribution in [2.24, 2.45) is 0 Å². The minimum absolute atomic E-state index is 0.157. The summed E-state index contributed by atoms with van der Waals surface area (Å²) in [6.45, 7) is 0.981. The zero-order chi connectivity index (χ0) is 14.8. The largest absolute Gasteiger partial charge is 0.486 e. The van der Waals surface area contributed by atoms with Crippen molar-refractivity contribution in [3.63, 3.8) is 0 Å². The van der Waals surface area contributed by atoms with Crippen LogP contribution in [0, 0.1) is 10.1 Å². The van der Waals surface area contributed by atoms with Crippen LogP contribution in [-0.4, -0.2) is 28.1 Å². The van der Waals surface area contributed by atoms with E-state index in [0.717, 1.165) is 16.7 Å². The Hall–Kier alpha value is -2.55. The lowest BCUT2D eigenvalue weighted by Gasteiger charge is -2.18. The predicted octanol–water partition coefficient (Wildman–Crippen LogP) is 1.89.